The van der Waals surface area contributed by atoms with E-state index in [9.17, 15) is 9.59 Å². The fourth-order valence-corrected chi connectivity index (χ4v) is 4.06. The molecule has 1 N–H and O–H groups in total. The predicted octanol–water partition coefficient (Wildman–Crippen LogP) is 6.07. The average Bonchev–Trinajstić information content (AvgIpc) is 2.93. The van der Waals surface area contributed by atoms with Crippen LogP contribution in [0.4, 0.5) is 5.82 Å². The van der Waals surface area contributed by atoms with Crippen LogP contribution in [-0.4, -0.2) is 64.2 Å². The monoisotopic (exact) mass is 613 g/mol. The molecule has 3 aromatic rings. The Bertz CT molecular complexity index is 1270. The van der Waals surface area contributed by atoms with Crippen molar-refractivity contribution in [3.63, 3.8) is 0 Å². The van der Waals surface area contributed by atoms with E-state index in [1.807, 2.05) is 37.6 Å². The Morgan fingerprint density at radius 1 is 0.872 bits per heavy atom. The molecule has 39 heavy (non-hydrogen) atoms. The number of hydrogen-bond donors (Lipinski definition) is 1. The van der Waals surface area contributed by atoms with Crippen LogP contribution in [-0.2, 0) is 16.0 Å². The summed E-state index contributed by atoms with van der Waals surface area (Å²) in [5, 5.41) is 4.93. The van der Waals surface area contributed by atoms with Gasteiger partial charge in [0.1, 0.15) is 27.8 Å². The molecule has 0 spiro atoms. The van der Waals surface area contributed by atoms with Crippen molar-refractivity contribution < 1.29 is 23.8 Å². The van der Waals surface area contributed by atoms with Crippen molar-refractivity contribution in [1.82, 2.24) is 19.9 Å². The Morgan fingerprint density at radius 3 is 2.00 bits per heavy atom. The minimum Gasteiger partial charge on any atom is -0.492 e. The second-order valence-corrected chi connectivity index (χ2v) is 9.48. The SMILES string of the molecule is CCOC(=O)c1cnc(SC)nc1Cl.CCOC(=O)c1cnc(SC)nc1NCc1ccc(OCC)c(Cl)c1. The van der Waals surface area contributed by atoms with E-state index in [0.29, 0.717) is 52.2 Å². The zero-order valence-corrected chi connectivity index (χ0v) is 25.3. The fraction of sp³-hybridized carbons (Fsp3) is 0.360. The topological polar surface area (TPSA) is 125 Å². The van der Waals surface area contributed by atoms with Gasteiger partial charge >= 0.3 is 11.9 Å². The Hall–Kier alpha value is -2.80. The summed E-state index contributed by atoms with van der Waals surface area (Å²) in [5.41, 5.74) is 1.44. The van der Waals surface area contributed by atoms with Crippen molar-refractivity contribution in [2.45, 2.75) is 37.6 Å². The lowest BCUT2D eigenvalue weighted by atomic mass is 10.2. The van der Waals surface area contributed by atoms with Gasteiger partial charge in [0, 0.05) is 18.9 Å². The number of ether oxygens (including phenoxy) is 3. The van der Waals surface area contributed by atoms with E-state index in [0.717, 1.165) is 5.56 Å². The van der Waals surface area contributed by atoms with E-state index in [4.69, 9.17) is 37.4 Å². The summed E-state index contributed by atoms with van der Waals surface area (Å²) in [7, 11) is 0. The number of rotatable bonds is 11. The molecular weight excluding hydrogens is 585 g/mol. The molecule has 0 radical (unpaired) electrons. The molecule has 0 atom stereocenters. The molecule has 0 amide bonds. The third-order valence-electron chi connectivity index (χ3n) is 4.60. The summed E-state index contributed by atoms with van der Waals surface area (Å²) in [4.78, 5) is 39.7. The van der Waals surface area contributed by atoms with E-state index < -0.39 is 11.9 Å². The van der Waals surface area contributed by atoms with Gasteiger partial charge in [-0.2, -0.15) is 0 Å². The van der Waals surface area contributed by atoms with Crippen LogP contribution in [0.3, 0.4) is 0 Å². The van der Waals surface area contributed by atoms with Crippen molar-refractivity contribution in [2.24, 2.45) is 0 Å². The molecular formula is C25H29Cl2N5O5S2. The maximum atomic E-state index is 12.1. The number of carbonyl (C=O) groups is 2. The number of esters is 2. The zero-order valence-electron chi connectivity index (χ0n) is 22.1. The largest absolute Gasteiger partial charge is 0.492 e. The number of aromatic nitrogens is 4. The van der Waals surface area contributed by atoms with Crippen molar-refractivity contribution >= 4 is 64.5 Å². The maximum Gasteiger partial charge on any atom is 0.343 e. The predicted molar refractivity (Wildman–Crippen MR) is 154 cm³/mol. The number of nitrogens with zero attached hydrogens (tertiary/aromatic N) is 4. The minimum atomic E-state index is -0.495. The molecule has 1 aromatic carbocycles. The van der Waals surface area contributed by atoms with E-state index in [1.165, 1.54) is 35.9 Å². The fourth-order valence-electron chi connectivity index (χ4n) is 2.86. The maximum absolute atomic E-state index is 12.1. The first-order valence-electron chi connectivity index (χ1n) is 11.7. The first-order chi connectivity index (χ1) is 18.8. The van der Waals surface area contributed by atoms with Crippen LogP contribution in [0.25, 0.3) is 0 Å². The normalized spacial score (nSPS) is 10.2. The van der Waals surface area contributed by atoms with Crippen LogP contribution in [0.15, 0.2) is 40.9 Å². The van der Waals surface area contributed by atoms with Gasteiger partial charge in [-0.1, -0.05) is 52.8 Å². The van der Waals surface area contributed by atoms with E-state index in [2.05, 4.69) is 25.3 Å². The first-order valence-corrected chi connectivity index (χ1v) is 14.9. The minimum absolute atomic E-state index is 0.128. The number of thioether (sulfide) groups is 2. The van der Waals surface area contributed by atoms with Crippen molar-refractivity contribution in [3.05, 3.63) is 57.5 Å². The number of halogens is 2. The van der Waals surface area contributed by atoms with Crippen LogP contribution in [0.2, 0.25) is 10.2 Å². The molecule has 210 valence electrons. The summed E-state index contributed by atoms with van der Waals surface area (Å²) in [6, 6.07) is 5.55. The number of hydrogen-bond acceptors (Lipinski definition) is 12. The lowest BCUT2D eigenvalue weighted by molar-refractivity contribution is 0.0516. The highest BCUT2D eigenvalue weighted by molar-refractivity contribution is 7.98. The smallest absolute Gasteiger partial charge is 0.343 e. The molecule has 10 nitrogen and oxygen atoms in total. The molecule has 14 heteroatoms. The van der Waals surface area contributed by atoms with E-state index >= 15 is 0 Å². The van der Waals surface area contributed by atoms with Gasteiger partial charge in [-0.15, -0.1) is 0 Å². The van der Waals surface area contributed by atoms with Crippen LogP contribution in [0.1, 0.15) is 47.1 Å². The molecule has 0 aliphatic rings. The first kappa shape index (κ1) is 32.4. The Labute approximate surface area is 246 Å². The molecule has 0 unspecified atom stereocenters. The number of benzene rings is 1. The summed E-state index contributed by atoms with van der Waals surface area (Å²) >= 11 is 14.7. The second-order valence-electron chi connectivity index (χ2n) is 7.17. The summed E-state index contributed by atoms with van der Waals surface area (Å²) in [5.74, 6) is 0.127. The van der Waals surface area contributed by atoms with Crippen LogP contribution >= 0.6 is 46.7 Å². The summed E-state index contributed by atoms with van der Waals surface area (Å²) < 4.78 is 15.2. The van der Waals surface area contributed by atoms with Crippen molar-refractivity contribution in [2.75, 3.05) is 37.6 Å². The van der Waals surface area contributed by atoms with Gasteiger partial charge in [0.05, 0.1) is 24.8 Å². The van der Waals surface area contributed by atoms with Gasteiger partial charge < -0.3 is 19.5 Å². The summed E-state index contributed by atoms with van der Waals surface area (Å²) in [6.07, 6.45) is 6.55. The average molecular weight is 615 g/mol. The van der Waals surface area contributed by atoms with Crippen LogP contribution in [0.5, 0.6) is 5.75 Å². The lowest BCUT2D eigenvalue weighted by Gasteiger charge is -2.12. The molecule has 2 aromatic heterocycles. The third-order valence-corrected chi connectivity index (χ3v) is 6.31. The molecule has 0 aliphatic carbocycles. The summed E-state index contributed by atoms with van der Waals surface area (Å²) in [6.45, 7) is 6.98. The highest BCUT2D eigenvalue weighted by atomic mass is 35.5. The lowest BCUT2D eigenvalue weighted by Crippen LogP contribution is -2.12. The molecule has 0 aliphatic heterocycles. The quantitative estimate of drug-likeness (QED) is 0.117. The third kappa shape index (κ3) is 10.0. The van der Waals surface area contributed by atoms with Gasteiger partial charge in [-0.05, 0) is 51.0 Å². The Kier molecular flexibility index (Phi) is 14.1. The van der Waals surface area contributed by atoms with E-state index in [1.54, 1.807) is 13.8 Å². The van der Waals surface area contributed by atoms with Crippen molar-refractivity contribution in [1.29, 1.82) is 0 Å². The van der Waals surface area contributed by atoms with Gasteiger partial charge in [-0.25, -0.2) is 29.5 Å². The molecule has 0 saturated heterocycles. The molecule has 0 fully saturated rings. The number of nitrogens with one attached hydrogen (secondary N) is 1. The van der Waals surface area contributed by atoms with E-state index in [-0.39, 0.29) is 17.3 Å². The van der Waals surface area contributed by atoms with Gasteiger partial charge in [0.25, 0.3) is 0 Å². The number of carbonyl (C=O) groups excluding carboxylic acids is 2. The van der Waals surface area contributed by atoms with Crippen LogP contribution in [0, 0.1) is 0 Å². The van der Waals surface area contributed by atoms with Gasteiger partial charge in [0.15, 0.2) is 10.3 Å². The molecule has 0 bridgehead atoms. The molecule has 0 saturated carbocycles. The second kappa shape index (κ2) is 17.0. The van der Waals surface area contributed by atoms with Gasteiger partial charge in [0.2, 0.25) is 0 Å². The van der Waals surface area contributed by atoms with Crippen molar-refractivity contribution in [3.8, 4) is 5.75 Å². The zero-order chi connectivity index (χ0) is 28.8. The standard InChI is InChI=1S/C17H20ClN3O3S.C8H9ClN2O2S/c1-4-23-14-7-6-11(8-13(14)18)9-19-15-12(16(22)24-5-2)10-20-17(21-15)25-3;1-3-13-7(12)5-4-10-8(14-2)11-6(5)9/h6-8,10H,4-5,9H2,1-3H3,(H,19,20,21);4H,3H2,1-2H3. The Balaban J connectivity index is 0.000000322. The highest BCUT2D eigenvalue weighted by Crippen LogP contribution is 2.26. The molecule has 2 heterocycles. The highest BCUT2D eigenvalue weighted by Gasteiger charge is 2.16. The number of anilines is 1. The van der Waals surface area contributed by atoms with Gasteiger partial charge in [-0.3, -0.25) is 0 Å². The van der Waals surface area contributed by atoms with Crippen LogP contribution < -0.4 is 10.1 Å². The Morgan fingerprint density at radius 2 is 1.46 bits per heavy atom. The molecule has 3 rings (SSSR count).